The zero-order valence-electron chi connectivity index (χ0n) is 12.4. The molecule has 2 aliphatic rings. The highest BCUT2D eigenvalue weighted by Crippen LogP contribution is 2.37. The lowest BCUT2D eigenvalue weighted by atomic mass is 9.77. The molecule has 98 valence electrons. The van der Waals surface area contributed by atoms with Crippen LogP contribution in [-0.2, 0) is 0 Å². The molecule has 1 aliphatic heterocycles. The maximum atomic E-state index is 4.04. The van der Waals surface area contributed by atoms with Crippen molar-refractivity contribution in [1.29, 1.82) is 0 Å². The van der Waals surface area contributed by atoms with Crippen LogP contribution >= 0.6 is 0 Å². The van der Waals surface area contributed by atoms with E-state index in [9.17, 15) is 0 Å². The highest BCUT2D eigenvalue weighted by molar-refractivity contribution is 5.56. The molecule has 0 saturated heterocycles. The van der Waals surface area contributed by atoms with Crippen molar-refractivity contribution in [1.82, 2.24) is 0 Å². The second kappa shape index (κ2) is 5.03. The summed E-state index contributed by atoms with van der Waals surface area (Å²) < 4.78 is 0. The monoisotopic (exact) mass is 251 g/mol. The molecule has 1 aliphatic carbocycles. The van der Waals surface area contributed by atoms with Gasteiger partial charge in [-0.05, 0) is 34.6 Å². The highest BCUT2D eigenvalue weighted by Gasteiger charge is 2.29. The Morgan fingerprint density at radius 3 is 2.32 bits per heavy atom. The molecular formula is C18H21N. The molecule has 0 saturated carbocycles. The van der Waals surface area contributed by atoms with Crippen LogP contribution in [0.25, 0.3) is 5.32 Å². The molecule has 0 amide bonds. The van der Waals surface area contributed by atoms with E-state index in [0.717, 1.165) is 5.57 Å². The predicted octanol–water partition coefficient (Wildman–Crippen LogP) is 5.38. The smallest absolute Gasteiger partial charge is 0.153 e. The van der Waals surface area contributed by atoms with E-state index >= 15 is 0 Å². The van der Waals surface area contributed by atoms with Crippen molar-refractivity contribution >= 4 is 0 Å². The number of hydrogen-bond acceptors (Lipinski definition) is 0. The molecule has 0 spiro atoms. The molecular weight excluding hydrogens is 230 g/mol. The SMILES string of the molecule is CC1=CC(C(C)(C)C)=C[C+](C)C1=C=C1C=C[N-]C=C1. The Morgan fingerprint density at radius 2 is 1.79 bits per heavy atom. The third-order valence-corrected chi connectivity index (χ3v) is 3.35. The van der Waals surface area contributed by atoms with Gasteiger partial charge in [0.25, 0.3) is 0 Å². The van der Waals surface area contributed by atoms with Crippen molar-refractivity contribution in [3.05, 3.63) is 76.0 Å². The molecule has 0 aromatic carbocycles. The second-order valence-corrected chi connectivity index (χ2v) is 6.10. The Labute approximate surface area is 116 Å². The van der Waals surface area contributed by atoms with Crippen LogP contribution < -0.4 is 0 Å². The fraction of sp³-hybridized carbons (Fsp3) is 0.333. The molecule has 1 nitrogen and oxygen atoms in total. The topological polar surface area (TPSA) is 14.1 Å². The minimum absolute atomic E-state index is 0.185. The largest absolute Gasteiger partial charge is 0.670 e. The Morgan fingerprint density at radius 1 is 1.16 bits per heavy atom. The summed E-state index contributed by atoms with van der Waals surface area (Å²) in [5.41, 5.74) is 8.59. The Kier molecular flexibility index (Phi) is 3.59. The molecule has 0 bridgehead atoms. The molecule has 0 aromatic heterocycles. The van der Waals surface area contributed by atoms with Gasteiger partial charge in [0.1, 0.15) is 0 Å². The van der Waals surface area contributed by atoms with Crippen LogP contribution in [0.3, 0.4) is 0 Å². The van der Waals surface area contributed by atoms with E-state index in [-0.39, 0.29) is 5.41 Å². The minimum Gasteiger partial charge on any atom is -0.670 e. The standard InChI is InChI=1S/C18H21N/c1-13-10-16(18(3,4)5)11-14(2)17(13)12-15-6-8-19-9-7-15/h6-11H,1-5H3. The summed E-state index contributed by atoms with van der Waals surface area (Å²) in [6.45, 7) is 11.1. The normalized spacial score (nSPS) is 18.9. The second-order valence-electron chi connectivity index (χ2n) is 6.10. The fourth-order valence-electron chi connectivity index (χ4n) is 2.17. The molecule has 0 radical (unpaired) electrons. The van der Waals surface area contributed by atoms with E-state index in [1.165, 1.54) is 22.6 Å². The van der Waals surface area contributed by atoms with Crippen LogP contribution in [0.2, 0.25) is 0 Å². The van der Waals surface area contributed by atoms with Crippen LogP contribution in [0.4, 0.5) is 0 Å². The molecule has 0 unspecified atom stereocenters. The molecule has 2 rings (SSSR count). The third kappa shape index (κ3) is 3.13. The average Bonchev–Trinajstić information content (AvgIpc) is 2.33. The van der Waals surface area contributed by atoms with Gasteiger partial charge in [0.15, 0.2) is 5.57 Å². The average molecular weight is 251 g/mol. The van der Waals surface area contributed by atoms with Crippen molar-refractivity contribution in [2.45, 2.75) is 34.6 Å². The van der Waals surface area contributed by atoms with Crippen LogP contribution in [0, 0.1) is 11.3 Å². The van der Waals surface area contributed by atoms with E-state index in [0.29, 0.717) is 0 Å². The first-order chi connectivity index (χ1) is 8.88. The van der Waals surface area contributed by atoms with Crippen LogP contribution in [-0.4, -0.2) is 0 Å². The molecule has 0 aromatic rings. The van der Waals surface area contributed by atoms with Gasteiger partial charge in [0.05, 0.1) is 17.1 Å². The summed E-state index contributed by atoms with van der Waals surface area (Å²) in [4.78, 5) is 0. The predicted molar refractivity (Wildman–Crippen MR) is 82.4 cm³/mol. The summed E-state index contributed by atoms with van der Waals surface area (Å²) in [5.74, 6) is 1.28. The first kappa shape index (κ1) is 13.6. The number of rotatable bonds is 0. The van der Waals surface area contributed by atoms with Gasteiger partial charge in [-0.2, -0.15) is 12.4 Å². The van der Waals surface area contributed by atoms with Crippen molar-refractivity contribution in [3.8, 4) is 0 Å². The number of allylic oxidation sites excluding steroid dienone is 7. The quantitative estimate of drug-likeness (QED) is 0.405. The lowest BCUT2D eigenvalue weighted by Gasteiger charge is -2.21. The molecule has 0 N–H and O–H groups in total. The lowest BCUT2D eigenvalue weighted by Crippen LogP contribution is -2.13. The zero-order valence-corrected chi connectivity index (χ0v) is 12.4. The molecule has 1 heteroatoms. The van der Waals surface area contributed by atoms with E-state index < -0.39 is 0 Å². The van der Waals surface area contributed by atoms with Crippen molar-refractivity contribution < 1.29 is 0 Å². The summed E-state index contributed by atoms with van der Waals surface area (Å²) in [7, 11) is 0. The van der Waals surface area contributed by atoms with Crippen LogP contribution in [0.1, 0.15) is 34.6 Å². The van der Waals surface area contributed by atoms with Gasteiger partial charge >= 0.3 is 0 Å². The Hall–Kier alpha value is -1.85. The summed E-state index contributed by atoms with van der Waals surface area (Å²) in [6.07, 6.45) is 12.1. The van der Waals surface area contributed by atoms with Crippen LogP contribution in [0.15, 0.2) is 64.7 Å². The van der Waals surface area contributed by atoms with Crippen LogP contribution in [0.5, 0.6) is 0 Å². The Balaban J connectivity index is 2.43. The van der Waals surface area contributed by atoms with Crippen molar-refractivity contribution in [2.75, 3.05) is 0 Å². The van der Waals surface area contributed by atoms with Crippen molar-refractivity contribution in [2.24, 2.45) is 5.41 Å². The fourth-order valence-corrected chi connectivity index (χ4v) is 2.17. The van der Waals surface area contributed by atoms with Gasteiger partial charge in [-0.3, -0.25) is 0 Å². The zero-order chi connectivity index (χ0) is 14.0. The highest BCUT2D eigenvalue weighted by atomic mass is 14.8. The number of hydrogen-bond donors (Lipinski definition) is 0. The molecule has 19 heavy (non-hydrogen) atoms. The lowest BCUT2D eigenvalue weighted by molar-refractivity contribution is 0.514. The van der Waals surface area contributed by atoms with E-state index in [1.807, 2.05) is 12.2 Å². The van der Waals surface area contributed by atoms with Gasteiger partial charge in [-0.15, -0.1) is 0 Å². The molecule has 0 atom stereocenters. The van der Waals surface area contributed by atoms with E-state index in [2.05, 4.69) is 57.8 Å². The first-order valence-electron chi connectivity index (χ1n) is 6.67. The number of nitrogens with zero attached hydrogens (tertiary/aromatic N) is 1. The van der Waals surface area contributed by atoms with E-state index in [4.69, 9.17) is 0 Å². The molecule has 1 heterocycles. The van der Waals surface area contributed by atoms with Gasteiger partial charge in [0.2, 0.25) is 0 Å². The maximum absolute atomic E-state index is 4.04. The van der Waals surface area contributed by atoms with Gasteiger partial charge in [-0.25, -0.2) is 0 Å². The Bertz CT molecular complexity index is 539. The molecule has 0 fully saturated rings. The summed E-state index contributed by atoms with van der Waals surface area (Å²) >= 11 is 0. The maximum Gasteiger partial charge on any atom is 0.153 e. The third-order valence-electron chi connectivity index (χ3n) is 3.35. The minimum atomic E-state index is 0.185. The van der Waals surface area contributed by atoms with E-state index in [1.54, 1.807) is 12.4 Å². The van der Waals surface area contributed by atoms with Gasteiger partial charge < -0.3 is 5.32 Å². The summed E-state index contributed by atoms with van der Waals surface area (Å²) in [6, 6.07) is 0. The first-order valence-corrected chi connectivity index (χ1v) is 6.67. The summed E-state index contributed by atoms with van der Waals surface area (Å²) in [5, 5.41) is 4.04. The van der Waals surface area contributed by atoms with Gasteiger partial charge in [-0.1, -0.05) is 12.2 Å². The van der Waals surface area contributed by atoms with Crippen molar-refractivity contribution in [3.63, 3.8) is 0 Å². The van der Waals surface area contributed by atoms with Gasteiger partial charge in [0, 0.05) is 28.9 Å².